The molecule has 0 amide bonds. The van der Waals surface area contributed by atoms with Crippen LogP contribution < -0.4 is 10.5 Å². The van der Waals surface area contributed by atoms with Crippen molar-refractivity contribution in [3.8, 4) is 5.75 Å². The van der Waals surface area contributed by atoms with Crippen LogP contribution in [0.3, 0.4) is 0 Å². The van der Waals surface area contributed by atoms with E-state index in [1.807, 2.05) is 40.0 Å². The lowest BCUT2D eigenvalue weighted by Crippen LogP contribution is -2.02. The summed E-state index contributed by atoms with van der Waals surface area (Å²) < 4.78 is 7.54. The normalized spacial score (nSPS) is 10.8. The Labute approximate surface area is 118 Å². The molecule has 1 aromatic carbocycles. The first kappa shape index (κ1) is 13.7. The fraction of sp³-hybridized carbons (Fsp3) is 0.357. The average molecular weight is 280 g/mol. The fourth-order valence-electron chi connectivity index (χ4n) is 2.05. The minimum Gasteiger partial charge on any atom is -0.488 e. The largest absolute Gasteiger partial charge is 0.488 e. The van der Waals surface area contributed by atoms with Crippen LogP contribution in [0, 0.1) is 20.8 Å². The van der Waals surface area contributed by atoms with Gasteiger partial charge >= 0.3 is 0 Å². The Morgan fingerprint density at radius 2 is 2.00 bits per heavy atom. The summed E-state index contributed by atoms with van der Waals surface area (Å²) in [7, 11) is 1.82. The third-order valence-corrected chi connectivity index (χ3v) is 3.75. The monoisotopic (exact) mass is 279 g/mol. The number of nitrogen functional groups attached to an aromatic ring is 1. The smallest absolute Gasteiger partial charge is 0.133 e. The average Bonchev–Trinajstić information content (AvgIpc) is 2.60. The molecule has 19 heavy (non-hydrogen) atoms. The van der Waals surface area contributed by atoms with Crippen LogP contribution in [0.15, 0.2) is 12.1 Å². The third-order valence-electron chi connectivity index (χ3n) is 3.28. The Kier molecular flexibility index (Phi) is 3.71. The first-order valence-electron chi connectivity index (χ1n) is 6.08. The zero-order valence-electron chi connectivity index (χ0n) is 11.6. The molecule has 0 radical (unpaired) electrons. The molecular formula is C14H18ClN3O. The maximum absolute atomic E-state index is 6.19. The predicted octanol–water partition coefficient (Wildman–Crippen LogP) is 3.16. The van der Waals surface area contributed by atoms with E-state index in [1.165, 1.54) is 0 Å². The van der Waals surface area contributed by atoms with Gasteiger partial charge in [-0.1, -0.05) is 17.7 Å². The molecule has 2 aromatic rings. The van der Waals surface area contributed by atoms with Crippen molar-refractivity contribution >= 4 is 17.3 Å². The van der Waals surface area contributed by atoms with Crippen LogP contribution >= 0.6 is 11.6 Å². The van der Waals surface area contributed by atoms with Crippen LogP contribution in [0.5, 0.6) is 5.75 Å². The van der Waals surface area contributed by atoms with E-state index in [0.717, 1.165) is 33.8 Å². The zero-order valence-corrected chi connectivity index (χ0v) is 12.4. The molecule has 1 heterocycles. The van der Waals surface area contributed by atoms with Crippen molar-refractivity contribution in [2.75, 3.05) is 5.73 Å². The summed E-state index contributed by atoms with van der Waals surface area (Å²) in [6.45, 7) is 6.27. The zero-order chi connectivity index (χ0) is 14.2. The first-order chi connectivity index (χ1) is 8.91. The molecular weight excluding hydrogens is 262 g/mol. The molecule has 102 valence electrons. The molecule has 0 bridgehead atoms. The van der Waals surface area contributed by atoms with Gasteiger partial charge in [0.15, 0.2) is 0 Å². The molecule has 0 aliphatic rings. The van der Waals surface area contributed by atoms with Gasteiger partial charge in [-0.3, -0.25) is 4.68 Å². The standard InChI is InChI=1S/C14H18ClN3O/c1-8-5-6-12(16)9(2)13(8)19-7-11-10(3)17-18(4)14(11)15/h5-6H,7,16H2,1-4H3. The molecule has 4 nitrogen and oxygen atoms in total. The molecule has 0 saturated carbocycles. The second-order valence-electron chi connectivity index (χ2n) is 4.69. The molecule has 2 rings (SSSR count). The van der Waals surface area contributed by atoms with Gasteiger partial charge < -0.3 is 10.5 Å². The van der Waals surface area contributed by atoms with Gasteiger partial charge in [0.1, 0.15) is 17.5 Å². The fourth-order valence-corrected chi connectivity index (χ4v) is 2.28. The predicted molar refractivity (Wildman–Crippen MR) is 77.6 cm³/mol. The number of hydrogen-bond donors (Lipinski definition) is 1. The van der Waals surface area contributed by atoms with Crippen molar-refractivity contribution in [3.05, 3.63) is 39.7 Å². The quantitative estimate of drug-likeness (QED) is 0.878. The van der Waals surface area contributed by atoms with Crippen LogP contribution in [0.1, 0.15) is 22.4 Å². The number of nitrogens with zero attached hydrogens (tertiary/aromatic N) is 2. The van der Waals surface area contributed by atoms with Gasteiger partial charge in [0, 0.05) is 23.9 Å². The van der Waals surface area contributed by atoms with E-state index in [2.05, 4.69) is 5.10 Å². The summed E-state index contributed by atoms with van der Waals surface area (Å²) in [6, 6.07) is 3.84. The van der Waals surface area contributed by atoms with E-state index in [9.17, 15) is 0 Å². The summed E-state index contributed by atoms with van der Waals surface area (Å²) in [6.07, 6.45) is 0. The second kappa shape index (κ2) is 5.13. The van der Waals surface area contributed by atoms with E-state index in [1.54, 1.807) is 4.68 Å². The molecule has 2 N–H and O–H groups in total. The van der Waals surface area contributed by atoms with E-state index < -0.39 is 0 Å². The Morgan fingerprint density at radius 3 is 2.58 bits per heavy atom. The van der Waals surface area contributed by atoms with Gasteiger partial charge in [-0.2, -0.15) is 5.10 Å². The number of aromatic nitrogens is 2. The number of hydrogen-bond acceptors (Lipinski definition) is 3. The number of benzene rings is 1. The van der Waals surface area contributed by atoms with Crippen molar-refractivity contribution in [1.82, 2.24) is 9.78 Å². The SMILES string of the molecule is Cc1ccc(N)c(C)c1OCc1c(C)nn(C)c1Cl. The Balaban J connectivity index is 2.26. The Hall–Kier alpha value is -1.68. The summed E-state index contributed by atoms with van der Waals surface area (Å²) in [5.41, 5.74) is 10.4. The van der Waals surface area contributed by atoms with E-state index in [4.69, 9.17) is 22.1 Å². The molecule has 0 fully saturated rings. The lowest BCUT2D eigenvalue weighted by Gasteiger charge is -2.13. The van der Waals surface area contributed by atoms with Crippen LogP contribution in [0.25, 0.3) is 0 Å². The topological polar surface area (TPSA) is 53.1 Å². The highest BCUT2D eigenvalue weighted by molar-refractivity contribution is 6.30. The van der Waals surface area contributed by atoms with E-state index in [0.29, 0.717) is 11.8 Å². The molecule has 0 unspecified atom stereocenters. The molecule has 0 aliphatic carbocycles. The van der Waals surface area contributed by atoms with Crippen molar-refractivity contribution in [2.24, 2.45) is 7.05 Å². The lowest BCUT2D eigenvalue weighted by molar-refractivity contribution is 0.301. The molecule has 1 aromatic heterocycles. The van der Waals surface area contributed by atoms with Gasteiger partial charge in [0.05, 0.1) is 5.69 Å². The number of ether oxygens (including phenoxy) is 1. The maximum Gasteiger partial charge on any atom is 0.133 e. The number of nitrogens with two attached hydrogens (primary N) is 1. The van der Waals surface area contributed by atoms with Crippen LogP contribution in [-0.4, -0.2) is 9.78 Å². The van der Waals surface area contributed by atoms with Gasteiger partial charge in [-0.15, -0.1) is 0 Å². The highest BCUT2D eigenvalue weighted by Crippen LogP contribution is 2.29. The van der Waals surface area contributed by atoms with Crippen LogP contribution in [0.2, 0.25) is 5.15 Å². The third kappa shape index (κ3) is 2.54. The summed E-state index contributed by atoms with van der Waals surface area (Å²) >= 11 is 6.19. The van der Waals surface area contributed by atoms with Gasteiger partial charge in [-0.25, -0.2) is 0 Å². The van der Waals surface area contributed by atoms with Gasteiger partial charge in [0.25, 0.3) is 0 Å². The van der Waals surface area contributed by atoms with Gasteiger partial charge in [0.2, 0.25) is 0 Å². The number of rotatable bonds is 3. The highest BCUT2D eigenvalue weighted by Gasteiger charge is 2.13. The van der Waals surface area contributed by atoms with E-state index in [-0.39, 0.29) is 0 Å². The first-order valence-corrected chi connectivity index (χ1v) is 6.46. The number of aryl methyl sites for hydroxylation is 3. The molecule has 0 spiro atoms. The van der Waals surface area contributed by atoms with Crippen molar-refractivity contribution in [2.45, 2.75) is 27.4 Å². The van der Waals surface area contributed by atoms with Crippen LogP contribution in [0.4, 0.5) is 5.69 Å². The van der Waals surface area contributed by atoms with Crippen LogP contribution in [-0.2, 0) is 13.7 Å². The van der Waals surface area contributed by atoms with Crippen molar-refractivity contribution < 1.29 is 4.74 Å². The maximum atomic E-state index is 6.19. The highest BCUT2D eigenvalue weighted by atomic mass is 35.5. The minimum atomic E-state index is 0.393. The summed E-state index contributed by atoms with van der Waals surface area (Å²) in [4.78, 5) is 0. The second-order valence-corrected chi connectivity index (χ2v) is 5.05. The molecule has 5 heteroatoms. The van der Waals surface area contributed by atoms with Gasteiger partial charge in [-0.05, 0) is 32.4 Å². The molecule has 0 saturated heterocycles. The molecule has 0 aliphatic heterocycles. The Bertz CT molecular complexity index is 620. The Morgan fingerprint density at radius 1 is 1.32 bits per heavy atom. The molecule has 0 atom stereocenters. The summed E-state index contributed by atoms with van der Waals surface area (Å²) in [5, 5.41) is 4.87. The van der Waals surface area contributed by atoms with Crippen molar-refractivity contribution in [1.29, 1.82) is 0 Å². The lowest BCUT2D eigenvalue weighted by atomic mass is 10.1. The number of anilines is 1. The van der Waals surface area contributed by atoms with Crippen molar-refractivity contribution in [3.63, 3.8) is 0 Å². The number of halogens is 1. The van der Waals surface area contributed by atoms with E-state index >= 15 is 0 Å². The summed E-state index contributed by atoms with van der Waals surface area (Å²) in [5.74, 6) is 0.819. The minimum absolute atomic E-state index is 0.393.